The molecule has 0 unspecified atom stereocenters. The maximum absolute atomic E-state index is 12.8. The molecule has 188 valence electrons. The number of carboxylic acid groups (broad SMARTS) is 1. The smallest absolute Gasteiger partial charge is 0.308 e. The number of rotatable bonds is 7. The molecule has 1 aromatic heterocycles. The molecule has 1 fully saturated rings. The zero-order chi connectivity index (χ0) is 25.8. The molecule has 1 saturated heterocycles. The van der Waals surface area contributed by atoms with Crippen LogP contribution in [0, 0.1) is 0 Å². The Morgan fingerprint density at radius 2 is 1.70 bits per heavy atom. The van der Waals surface area contributed by atoms with Crippen molar-refractivity contribution in [2.45, 2.75) is 12.8 Å². The second-order valence-electron chi connectivity index (χ2n) is 8.79. The van der Waals surface area contributed by atoms with E-state index in [4.69, 9.17) is 16.3 Å². The maximum atomic E-state index is 12.8. The summed E-state index contributed by atoms with van der Waals surface area (Å²) in [7, 11) is 0. The highest BCUT2D eigenvalue weighted by Gasteiger charge is 2.22. The van der Waals surface area contributed by atoms with Crippen molar-refractivity contribution in [3.8, 4) is 0 Å². The minimum atomic E-state index is -0.992. The molecule has 37 heavy (non-hydrogen) atoms. The maximum Gasteiger partial charge on any atom is 0.308 e. The van der Waals surface area contributed by atoms with Crippen LogP contribution in [0.1, 0.15) is 27.3 Å². The van der Waals surface area contributed by atoms with Gasteiger partial charge in [0, 0.05) is 36.3 Å². The number of hydrogen-bond acceptors (Lipinski definition) is 6. The number of aromatic nitrogens is 2. The fourth-order valence-corrected chi connectivity index (χ4v) is 4.58. The highest BCUT2D eigenvalue weighted by Crippen LogP contribution is 2.27. The first-order valence-corrected chi connectivity index (χ1v) is 12.3. The number of carbonyl (C=O) groups excluding carboxylic acids is 1. The molecular formula is C28H25ClN4O4. The van der Waals surface area contributed by atoms with E-state index < -0.39 is 5.97 Å². The average molecular weight is 517 g/mol. The van der Waals surface area contributed by atoms with E-state index in [1.54, 1.807) is 0 Å². The first-order chi connectivity index (χ1) is 18.0. The van der Waals surface area contributed by atoms with Gasteiger partial charge in [0.05, 0.1) is 19.6 Å². The molecule has 4 aromatic rings. The van der Waals surface area contributed by atoms with E-state index in [0.29, 0.717) is 61.2 Å². The predicted octanol–water partition coefficient (Wildman–Crippen LogP) is 4.59. The Labute approximate surface area is 218 Å². The zero-order valence-corrected chi connectivity index (χ0v) is 20.7. The van der Waals surface area contributed by atoms with E-state index in [-0.39, 0.29) is 17.5 Å². The van der Waals surface area contributed by atoms with Crippen molar-refractivity contribution in [3.05, 3.63) is 94.4 Å². The normalized spacial score (nSPS) is 13.5. The van der Waals surface area contributed by atoms with Gasteiger partial charge in [-0.15, -0.1) is 0 Å². The van der Waals surface area contributed by atoms with Crippen LogP contribution in [0.25, 0.3) is 10.8 Å². The van der Waals surface area contributed by atoms with Crippen molar-refractivity contribution in [2.24, 2.45) is 0 Å². The third-order valence-electron chi connectivity index (χ3n) is 6.21. The third-order valence-corrected chi connectivity index (χ3v) is 6.52. The van der Waals surface area contributed by atoms with E-state index in [2.05, 4.69) is 15.3 Å². The summed E-state index contributed by atoms with van der Waals surface area (Å²) in [5.74, 6) is -0.138. The van der Waals surface area contributed by atoms with Crippen molar-refractivity contribution in [1.82, 2.24) is 9.97 Å². The number of nitrogens with one attached hydrogen (secondary N) is 1. The molecule has 0 saturated carbocycles. The van der Waals surface area contributed by atoms with Gasteiger partial charge in [-0.25, -0.2) is 9.97 Å². The van der Waals surface area contributed by atoms with Crippen molar-refractivity contribution >= 4 is 45.8 Å². The second-order valence-corrected chi connectivity index (χ2v) is 9.15. The second kappa shape index (κ2) is 10.9. The molecule has 0 spiro atoms. The fourth-order valence-electron chi connectivity index (χ4n) is 4.33. The molecule has 1 aliphatic rings. The summed E-state index contributed by atoms with van der Waals surface area (Å²) in [6.45, 7) is 2.28. The number of halogens is 1. The number of carboxylic acids is 1. The van der Waals surface area contributed by atoms with E-state index in [0.717, 1.165) is 16.3 Å². The Morgan fingerprint density at radius 1 is 0.973 bits per heavy atom. The van der Waals surface area contributed by atoms with Crippen LogP contribution in [0.4, 0.5) is 11.5 Å². The van der Waals surface area contributed by atoms with Gasteiger partial charge in [0.2, 0.25) is 0 Å². The molecule has 0 aliphatic carbocycles. The Bertz CT molecular complexity index is 1450. The van der Waals surface area contributed by atoms with Gasteiger partial charge in [0.15, 0.2) is 0 Å². The molecule has 5 rings (SSSR count). The average Bonchev–Trinajstić information content (AvgIpc) is 2.91. The van der Waals surface area contributed by atoms with Gasteiger partial charge in [-0.3, -0.25) is 9.59 Å². The Kier molecular flexibility index (Phi) is 7.30. The molecule has 2 N–H and O–H groups in total. The number of carbonyl (C=O) groups is 2. The summed E-state index contributed by atoms with van der Waals surface area (Å²) in [5, 5.41) is 14.5. The molecule has 0 atom stereocenters. The van der Waals surface area contributed by atoms with Gasteiger partial charge in [-0.2, -0.15) is 0 Å². The van der Waals surface area contributed by atoms with Gasteiger partial charge in [0.25, 0.3) is 5.91 Å². The number of nitrogens with zero attached hydrogens (tertiary/aromatic N) is 3. The highest BCUT2D eigenvalue weighted by atomic mass is 35.5. The molecule has 1 amide bonds. The Morgan fingerprint density at radius 3 is 2.43 bits per heavy atom. The van der Waals surface area contributed by atoms with E-state index in [9.17, 15) is 14.7 Å². The van der Waals surface area contributed by atoms with E-state index in [1.807, 2.05) is 71.6 Å². The van der Waals surface area contributed by atoms with Crippen LogP contribution in [0.3, 0.4) is 0 Å². The van der Waals surface area contributed by atoms with Crippen molar-refractivity contribution in [2.75, 3.05) is 36.5 Å². The fraction of sp³-hybridized carbons (Fsp3) is 0.214. The zero-order valence-electron chi connectivity index (χ0n) is 20.0. The van der Waals surface area contributed by atoms with E-state index in [1.165, 1.54) is 0 Å². The quantitative estimate of drug-likeness (QED) is 0.346. The molecule has 3 aromatic carbocycles. The summed E-state index contributed by atoms with van der Waals surface area (Å²) >= 11 is 6.42. The minimum Gasteiger partial charge on any atom is -0.481 e. The number of morpholine rings is 1. The van der Waals surface area contributed by atoms with Crippen LogP contribution in [0.15, 0.2) is 66.7 Å². The summed E-state index contributed by atoms with van der Waals surface area (Å²) in [5.41, 5.74) is 2.60. The topological polar surface area (TPSA) is 105 Å². The van der Waals surface area contributed by atoms with E-state index >= 15 is 0 Å². The lowest BCUT2D eigenvalue weighted by Gasteiger charge is -2.29. The number of fused-ring (bicyclic) bond motifs is 1. The van der Waals surface area contributed by atoms with Crippen LogP contribution >= 0.6 is 11.6 Å². The molecule has 8 nitrogen and oxygen atoms in total. The SMILES string of the molecule is O=C(O)Cc1c(Cl)nc(Cc2ccc(NC(=O)c3ccc4ccccc4c3)cc2)nc1N1CCOCC1. The molecule has 2 heterocycles. The lowest BCUT2D eigenvalue weighted by molar-refractivity contribution is -0.136. The molecule has 0 bridgehead atoms. The van der Waals surface area contributed by atoms with Crippen molar-refractivity contribution in [3.63, 3.8) is 0 Å². The van der Waals surface area contributed by atoms with Gasteiger partial charge in [0.1, 0.15) is 16.8 Å². The van der Waals surface area contributed by atoms with Crippen molar-refractivity contribution in [1.29, 1.82) is 0 Å². The van der Waals surface area contributed by atoms with Gasteiger partial charge in [-0.1, -0.05) is 54.1 Å². The summed E-state index contributed by atoms with van der Waals surface area (Å²) < 4.78 is 5.42. The van der Waals surface area contributed by atoms with Crippen LogP contribution in [0.5, 0.6) is 0 Å². The molecule has 0 radical (unpaired) electrons. The minimum absolute atomic E-state index is 0.146. The Hall–Kier alpha value is -4.01. The Balaban J connectivity index is 1.31. The molecule has 9 heteroatoms. The van der Waals surface area contributed by atoms with Crippen LogP contribution in [0.2, 0.25) is 5.15 Å². The van der Waals surface area contributed by atoms with Crippen LogP contribution in [-0.4, -0.2) is 53.3 Å². The number of anilines is 2. The van der Waals surface area contributed by atoms with Gasteiger partial charge < -0.3 is 20.1 Å². The van der Waals surface area contributed by atoms with Gasteiger partial charge in [-0.05, 0) is 40.6 Å². The summed E-state index contributed by atoms with van der Waals surface area (Å²) in [4.78, 5) is 35.2. The lowest BCUT2D eigenvalue weighted by atomic mass is 10.1. The number of ether oxygens (including phenoxy) is 1. The largest absolute Gasteiger partial charge is 0.481 e. The summed E-state index contributed by atoms with van der Waals surface area (Å²) in [6.07, 6.45) is 0.153. The molecular weight excluding hydrogens is 492 g/mol. The van der Waals surface area contributed by atoms with Crippen LogP contribution < -0.4 is 10.2 Å². The first-order valence-electron chi connectivity index (χ1n) is 11.9. The lowest BCUT2D eigenvalue weighted by Crippen LogP contribution is -2.38. The van der Waals surface area contributed by atoms with Crippen molar-refractivity contribution < 1.29 is 19.4 Å². The van der Waals surface area contributed by atoms with Gasteiger partial charge >= 0.3 is 5.97 Å². The number of aliphatic carboxylic acids is 1. The monoisotopic (exact) mass is 516 g/mol. The number of benzene rings is 3. The standard InChI is InChI=1S/C28H25ClN4O4/c29-26-23(17-25(34)35)27(33-11-13-37-14-12-33)32-24(31-26)15-18-5-9-22(10-6-18)30-28(36)21-8-7-19-3-1-2-4-20(19)16-21/h1-10,16H,11-15,17H2,(H,30,36)(H,34,35). The highest BCUT2D eigenvalue weighted by molar-refractivity contribution is 6.30. The first kappa shape index (κ1) is 24.7. The third kappa shape index (κ3) is 5.87. The number of hydrogen-bond donors (Lipinski definition) is 2. The predicted molar refractivity (Wildman–Crippen MR) is 143 cm³/mol. The number of amides is 1. The molecule has 1 aliphatic heterocycles. The van der Waals surface area contributed by atoms with Crippen LogP contribution in [-0.2, 0) is 22.4 Å². The summed E-state index contributed by atoms with van der Waals surface area (Å²) in [6, 6.07) is 21.0.